The number of rotatable bonds is 8. The maximum atomic E-state index is 14.0. The molecule has 1 amide bonds. The van der Waals surface area contributed by atoms with Crippen LogP contribution in [-0.2, 0) is 4.79 Å². The van der Waals surface area contributed by atoms with Gasteiger partial charge in [-0.2, -0.15) is 0 Å². The van der Waals surface area contributed by atoms with Gasteiger partial charge in [-0.25, -0.2) is 14.4 Å². The molecule has 0 radical (unpaired) electrons. The van der Waals surface area contributed by atoms with Crippen molar-refractivity contribution >= 4 is 39.8 Å². The molecule has 1 aliphatic rings. The average molecular weight is 541 g/mol. The van der Waals surface area contributed by atoms with E-state index in [9.17, 15) is 9.18 Å². The third-order valence-corrected chi connectivity index (χ3v) is 7.37. The van der Waals surface area contributed by atoms with Gasteiger partial charge in [-0.05, 0) is 62.8 Å². The monoisotopic (exact) mass is 540 g/mol. The average Bonchev–Trinajstić information content (AvgIpc) is 2.97. The number of hydrogen-bond acceptors (Lipinski definition) is 7. The lowest BCUT2D eigenvalue weighted by Crippen LogP contribution is -2.42. The molecule has 2 N–H and O–H groups in total. The molecule has 9 heteroatoms. The van der Waals surface area contributed by atoms with E-state index in [-0.39, 0.29) is 11.7 Å². The molecule has 1 aromatic heterocycles. The van der Waals surface area contributed by atoms with Crippen molar-refractivity contribution < 1.29 is 13.9 Å². The minimum absolute atomic E-state index is 0.309. The van der Waals surface area contributed by atoms with Gasteiger partial charge in [0.2, 0.25) is 11.9 Å². The number of hydrogen-bond donors (Lipinski definition) is 2. The van der Waals surface area contributed by atoms with Gasteiger partial charge in [-0.15, -0.1) is 0 Å². The highest BCUT2D eigenvalue weighted by atomic mass is 19.1. The molecule has 206 valence electrons. The Hall–Kier alpha value is -4.50. The maximum Gasteiger partial charge on any atom is 0.247 e. The molecule has 0 unspecified atom stereocenters. The van der Waals surface area contributed by atoms with Gasteiger partial charge in [0.15, 0.2) is 0 Å². The van der Waals surface area contributed by atoms with Crippen molar-refractivity contribution in [3.8, 4) is 16.9 Å². The van der Waals surface area contributed by atoms with Crippen LogP contribution in [0.15, 0.2) is 73.4 Å². The minimum Gasteiger partial charge on any atom is -0.494 e. The number of nitrogens with one attached hydrogen (secondary N) is 2. The number of piperidine rings is 1. The summed E-state index contributed by atoms with van der Waals surface area (Å²) in [7, 11) is 5.78. The van der Waals surface area contributed by atoms with Gasteiger partial charge < -0.3 is 25.2 Å². The highest BCUT2D eigenvalue weighted by Crippen LogP contribution is 2.39. The van der Waals surface area contributed by atoms with E-state index >= 15 is 0 Å². The van der Waals surface area contributed by atoms with Gasteiger partial charge in [0, 0.05) is 36.3 Å². The van der Waals surface area contributed by atoms with Gasteiger partial charge in [-0.1, -0.05) is 36.9 Å². The first-order valence-electron chi connectivity index (χ1n) is 13.2. The van der Waals surface area contributed by atoms with Crippen LogP contribution in [0.1, 0.15) is 12.8 Å². The number of para-hydroxylation sites is 1. The van der Waals surface area contributed by atoms with E-state index in [0.717, 1.165) is 48.1 Å². The van der Waals surface area contributed by atoms with Crippen molar-refractivity contribution in [2.45, 2.75) is 18.9 Å². The van der Waals surface area contributed by atoms with E-state index in [1.54, 1.807) is 19.4 Å². The first kappa shape index (κ1) is 27.1. The number of aromatic nitrogens is 2. The second kappa shape index (κ2) is 11.7. The molecule has 3 aromatic carbocycles. The first-order chi connectivity index (χ1) is 19.4. The fourth-order valence-corrected chi connectivity index (χ4v) is 5.12. The predicted octanol–water partition coefficient (Wildman–Crippen LogP) is 5.84. The Kier molecular flexibility index (Phi) is 7.93. The number of carbonyl (C=O) groups is 1. The largest absolute Gasteiger partial charge is 0.494 e. The lowest BCUT2D eigenvalue weighted by molar-refractivity contribution is -0.111. The van der Waals surface area contributed by atoms with E-state index < -0.39 is 0 Å². The number of halogens is 1. The Morgan fingerprint density at radius 1 is 1.15 bits per heavy atom. The topological polar surface area (TPSA) is 82.6 Å². The third-order valence-electron chi connectivity index (χ3n) is 7.37. The zero-order valence-corrected chi connectivity index (χ0v) is 22.9. The van der Waals surface area contributed by atoms with Crippen LogP contribution in [0.4, 0.5) is 27.4 Å². The number of benzene rings is 3. The Morgan fingerprint density at radius 3 is 2.65 bits per heavy atom. The van der Waals surface area contributed by atoms with Crippen LogP contribution in [0, 0.1) is 5.82 Å². The van der Waals surface area contributed by atoms with Crippen molar-refractivity contribution in [3.63, 3.8) is 0 Å². The minimum atomic E-state index is -0.314. The van der Waals surface area contributed by atoms with Gasteiger partial charge >= 0.3 is 0 Å². The number of likely N-dealkylation sites (tertiary alicyclic amines) is 1. The number of ether oxygens (including phenoxy) is 1. The van der Waals surface area contributed by atoms with Gasteiger partial charge in [-0.3, -0.25) is 4.79 Å². The van der Waals surface area contributed by atoms with Crippen molar-refractivity contribution in [1.82, 2.24) is 14.9 Å². The summed E-state index contributed by atoms with van der Waals surface area (Å²) in [5.41, 5.74) is 4.26. The molecule has 1 saturated heterocycles. The SMILES string of the molecule is C=CC(=O)Nc1cc(Nc2ncc3cccc(-c4cccc(F)c4)c3n2)c(OC)cc1N(C)C1CCN(C)CC1. The van der Waals surface area contributed by atoms with Crippen LogP contribution < -0.4 is 20.3 Å². The summed E-state index contributed by atoms with van der Waals surface area (Å²) in [6.45, 7) is 5.63. The Labute approximate surface area is 233 Å². The summed E-state index contributed by atoms with van der Waals surface area (Å²) in [6, 6.07) is 16.2. The van der Waals surface area contributed by atoms with Crippen LogP contribution in [0.5, 0.6) is 5.75 Å². The summed E-state index contributed by atoms with van der Waals surface area (Å²) in [5, 5.41) is 7.04. The summed E-state index contributed by atoms with van der Waals surface area (Å²) < 4.78 is 19.7. The number of anilines is 4. The number of amides is 1. The molecule has 1 aliphatic heterocycles. The fraction of sp³-hybridized carbons (Fsp3) is 0.258. The van der Waals surface area contributed by atoms with Crippen molar-refractivity contribution in [2.75, 3.05) is 49.8 Å². The highest BCUT2D eigenvalue weighted by molar-refractivity contribution is 6.02. The van der Waals surface area contributed by atoms with Crippen LogP contribution >= 0.6 is 0 Å². The Morgan fingerprint density at radius 2 is 1.93 bits per heavy atom. The molecule has 0 atom stereocenters. The van der Waals surface area contributed by atoms with E-state index in [1.165, 1.54) is 18.2 Å². The molecule has 5 rings (SSSR count). The van der Waals surface area contributed by atoms with Crippen LogP contribution in [-0.4, -0.2) is 61.1 Å². The molecular weight excluding hydrogens is 507 g/mol. The number of methoxy groups -OCH3 is 1. The number of carbonyl (C=O) groups excluding carboxylic acids is 1. The molecule has 0 aliphatic carbocycles. The molecule has 0 bridgehead atoms. The number of nitrogens with zero attached hydrogens (tertiary/aromatic N) is 4. The smallest absolute Gasteiger partial charge is 0.247 e. The van der Waals surface area contributed by atoms with E-state index in [4.69, 9.17) is 9.72 Å². The molecule has 40 heavy (non-hydrogen) atoms. The van der Waals surface area contributed by atoms with Gasteiger partial charge in [0.05, 0.1) is 29.7 Å². The predicted molar refractivity (Wildman–Crippen MR) is 159 cm³/mol. The first-order valence-corrected chi connectivity index (χ1v) is 13.2. The zero-order chi connectivity index (χ0) is 28.2. The molecule has 8 nitrogen and oxygen atoms in total. The van der Waals surface area contributed by atoms with E-state index in [2.05, 4.69) is 39.0 Å². The maximum absolute atomic E-state index is 14.0. The van der Waals surface area contributed by atoms with Crippen molar-refractivity contribution in [2.24, 2.45) is 0 Å². The lowest BCUT2D eigenvalue weighted by Gasteiger charge is -2.37. The van der Waals surface area contributed by atoms with Crippen molar-refractivity contribution in [3.05, 3.63) is 79.3 Å². The summed E-state index contributed by atoms with van der Waals surface area (Å²) >= 11 is 0. The number of fused-ring (bicyclic) bond motifs is 1. The summed E-state index contributed by atoms with van der Waals surface area (Å²) in [5.74, 6) is 0.294. The molecular formula is C31H33FN6O2. The van der Waals surface area contributed by atoms with Crippen LogP contribution in [0.2, 0.25) is 0 Å². The molecule has 0 saturated carbocycles. The quantitative estimate of drug-likeness (QED) is 0.272. The van der Waals surface area contributed by atoms with E-state index in [0.29, 0.717) is 34.6 Å². The van der Waals surface area contributed by atoms with Crippen LogP contribution in [0.3, 0.4) is 0 Å². The second-order valence-electron chi connectivity index (χ2n) is 9.98. The van der Waals surface area contributed by atoms with Crippen molar-refractivity contribution in [1.29, 1.82) is 0 Å². The van der Waals surface area contributed by atoms with Gasteiger partial charge in [0.25, 0.3) is 0 Å². The normalized spacial score (nSPS) is 14.1. The lowest BCUT2D eigenvalue weighted by atomic mass is 10.0. The Bertz CT molecular complexity index is 1550. The van der Waals surface area contributed by atoms with Gasteiger partial charge in [0.1, 0.15) is 11.6 Å². The molecule has 2 heterocycles. The highest BCUT2D eigenvalue weighted by Gasteiger charge is 2.24. The molecule has 0 spiro atoms. The summed E-state index contributed by atoms with van der Waals surface area (Å²) in [6.07, 6.45) is 5.01. The van der Waals surface area contributed by atoms with Crippen LogP contribution in [0.25, 0.3) is 22.0 Å². The van der Waals surface area contributed by atoms with E-state index in [1.807, 2.05) is 43.4 Å². The second-order valence-corrected chi connectivity index (χ2v) is 9.98. The third kappa shape index (κ3) is 5.74. The Balaban J connectivity index is 1.53. The molecule has 4 aromatic rings. The zero-order valence-electron chi connectivity index (χ0n) is 22.9. The standard InChI is InChI=1S/C31H33FN6O2/c1-5-29(39)34-25-17-26(28(40-4)18-27(25)38(3)23-12-14-37(2)15-13-23)35-31-33-19-21-9-7-11-24(30(21)36-31)20-8-6-10-22(32)16-20/h5-11,16-19,23H,1,12-15H2,2-4H3,(H,34,39)(H,33,35,36). The fourth-order valence-electron chi connectivity index (χ4n) is 5.12. The molecule has 1 fully saturated rings. The summed E-state index contributed by atoms with van der Waals surface area (Å²) in [4.78, 5) is 26.2.